The molecule has 4 aromatic heterocycles. The summed E-state index contributed by atoms with van der Waals surface area (Å²) in [6.45, 7) is 0.306. The number of nitrogens with two attached hydrogens (primary N) is 1. The van der Waals surface area contributed by atoms with Crippen molar-refractivity contribution in [1.29, 1.82) is 0 Å². The molecule has 0 aliphatic heterocycles. The number of nitrogens with zero attached hydrogens (tertiary/aromatic N) is 6. The van der Waals surface area contributed by atoms with Crippen LogP contribution in [0.5, 0.6) is 0 Å². The Hall–Kier alpha value is -3.53. The van der Waals surface area contributed by atoms with Crippen molar-refractivity contribution in [3.8, 4) is 11.5 Å². The maximum Gasteiger partial charge on any atom is 0.222 e. The fourth-order valence-electron chi connectivity index (χ4n) is 2.35. The summed E-state index contributed by atoms with van der Waals surface area (Å²) in [5.74, 6) is 0.627. The lowest BCUT2D eigenvalue weighted by Gasteiger charge is -2.04. The first-order valence-corrected chi connectivity index (χ1v) is 7.00. The molecule has 0 amide bonds. The summed E-state index contributed by atoms with van der Waals surface area (Å²) in [6.07, 6.45) is 3.12. The molecule has 0 unspecified atom stereocenters. The number of aromatic nitrogens is 6. The van der Waals surface area contributed by atoms with Gasteiger partial charge in [-0.1, -0.05) is 5.21 Å². The quantitative estimate of drug-likeness (QED) is 0.474. The lowest BCUT2D eigenvalue weighted by molar-refractivity contribution is 0.388. The summed E-state index contributed by atoms with van der Waals surface area (Å²) < 4.78 is 6.93. The molecule has 0 bridgehead atoms. The third-order valence-electron chi connectivity index (χ3n) is 3.39. The number of rotatable bonds is 4. The van der Waals surface area contributed by atoms with Crippen LogP contribution in [-0.4, -0.2) is 35.2 Å². The average Bonchev–Trinajstić information content (AvgIpc) is 3.25. The molecule has 0 saturated heterocycles. The van der Waals surface area contributed by atoms with Gasteiger partial charge in [-0.3, -0.25) is 15.7 Å². The minimum Gasteiger partial charge on any atom is -0.463 e. The first kappa shape index (κ1) is 14.1. The molecule has 0 atom stereocenters. The Morgan fingerprint density at radius 3 is 3.00 bits per heavy atom. The molecule has 4 aromatic rings. The van der Waals surface area contributed by atoms with Crippen LogP contribution in [0.2, 0.25) is 0 Å². The van der Waals surface area contributed by atoms with Gasteiger partial charge in [0.15, 0.2) is 16.9 Å². The third-order valence-corrected chi connectivity index (χ3v) is 3.39. The number of hydrogen-bond donors (Lipinski definition) is 3. The van der Waals surface area contributed by atoms with Gasteiger partial charge < -0.3 is 10.2 Å². The van der Waals surface area contributed by atoms with Crippen LogP contribution in [-0.2, 0) is 6.54 Å². The third kappa shape index (κ3) is 2.40. The number of pyridine rings is 1. The minimum absolute atomic E-state index is 0.0937. The van der Waals surface area contributed by atoms with Gasteiger partial charge in [-0.2, -0.15) is 4.98 Å². The van der Waals surface area contributed by atoms with Crippen LogP contribution in [0.3, 0.4) is 0 Å². The van der Waals surface area contributed by atoms with Crippen LogP contribution in [0, 0.1) is 0 Å². The van der Waals surface area contributed by atoms with Crippen LogP contribution >= 0.6 is 0 Å². The molecule has 0 aliphatic rings. The van der Waals surface area contributed by atoms with Crippen molar-refractivity contribution in [1.82, 2.24) is 29.9 Å². The number of nitrogens with one attached hydrogen (secondary N) is 1. The van der Waals surface area contributed by atoms with Gasteiger partial charge in [0.05, 0.1) is 24.2 Å². The van der Waals surface area contributed by atoms with Gasteiger partial charge in [-0.05, 0) is 24.3 Å². The summed E-state index contributed by atoms with van der Waals surface area (Å²) in [6, 6.07) is 6.84. The standard InChI is InChI=1S/C14H12N8O2/c15-14-17-11(10-2-1-5-24-10)12-13(18-14)22(21-19-12)7-9-6-8(20-23)3-4-16-9/h1-6,23H,7H2,(H,16,20)(H2,15,17,18). The molecule has 10 nitrogen and oxygen atoms in total. The highest BCUT2D eigenvalue weighted by molar-refractivity contribution is 5.85. The van der Waals surface area contributed by atoms with Crippen LogP contribution in [0.1, 0.15) is 5.69 Å². The number of anilines is 2. The van der Waals surface area contributed by atoms with Crippen LogP contribution < -0.4 is 11.2 Å². The van der Waals surface area contributed by atoms with Crippen molar-refractivity contribution in [2.45, 2.75) is 6.54 Å². The predicted octanol–water partition coefficient (Wildman–Crippen LogP) is 1.31. The van der Waals surface area contributed by atoms with E-state index in [1.807, 2.05) is 0 Å². The number of fused-ring (bicyclic) bond motifs is 1. The molecule has 0 fully saturated rings. The van der Waals surface area contributed by atoms with Gasteiger partial charge >= 0.3 is 0 Å². The molecule has 4 N–H and O–H groups in total. The topological polar surface area (TPSA) is 141 Å². The first-order valence-electron chi connectivity index (χ1n) is 7.00. The van der Waals surface area contributed by atoms with E-state index in [1.165, 1.54) is 0 Å². The zero-order chi connectivity index (χ0) is 16.5. The molecule has 10 heteroatoms. The predicted molar refractivity (Wildman–Crippen MR) is 84.0 cm³/mol. The Morgan fingerprint density at radius 1 is 1.29 bits per heavy atom. The number of nitrogen functional groups attached to an aromatic ring is 1. The molecule has 4 heterocycles. The SMILES string of the molecule is Nc1nc(-c2ccco2)c2nnn(Cc3cc(NO)ccn3)c2n1. The molecule has 0 spiro atoms. The Labute approximate surface area is 134 Å². The lowest BCUT2D eigenvalue weighted by atomic mass is 10.3. The summed E-state index contributed by atoms with van der Waals surface area (Å²) >= 11 is 0. The largest absolute Gasteiger partial charge is 0.463 e. The van der Waals surface area contributed by atoms with E-state index in [4.69, 9.17) is 15.4 Å². The minimum atomic E-state index is 0.0937. The van der Waals surface area contributed by atoms with Crippen molar-refractivity contribution < 1.29 is 9.62 Å². The molecule has 0 aromatic carbocycles. The van der Waals surface area contributed by atoms with Gasteiger partial charge in [0, 0.05) is 6.20 Å². The van der Waals surface area contributed by atoms with Gasteiger partial charge in [-0.15, -0.1) is 5.10 Å². The van der Waals surface area contributed by atoms with Crippen molar-refractivity contribution >= 4 is 22.8 Å². The van der Waals surface area contributed by atoms with Crippen molar-refractivity contribution in [2.75, 3.05) is 11.2 Å². The van der Waals surface area contributed by atoms with Crippen molar-refractivity contribution in [3.05, 3.63) is 42.4 Å². The zero-order valence-corrected chi connectivity index (χ0v) is 12.3. The van der Waals surface area contributed by atoms with E-state index >= 15 is 0 Å². The first-order chi connectivity index (χ1) is 11.7. The Kier molecular flexibility index (Phi) is 3.28. The second kappa shape index (κ2) is 5.59. The molecule has 24 heavy (non-hydrogen) atoms. The van der Waals surface area contributed by atoms with Gasteiger partial charge in [0.25, 0.3) is 0 Å². The molecule has 120 valence electrons. The monoisotopic (exact) mass is 324 g/mol. The van der Waals surface area contributed by atoms with Gasteiger partial charge in [-0.25, -0.2) is 9.67 Å². The van der Waals surface area contributed by atoms with E-state index in [0.29, 0.717) is 40.5 Å². The Balaban J connectivity index is 1.80. The van der Waals surface area contributed by atoms with Gasteiger partial charge in [0.2, 0.25) is 5.95 Å². The summed E-state index contributed by atoms with van der Waals surface area (Å²) in [4.78, 5) is 12.6. The smallest absolute Gasteiger partial charge is 0.222 e. The summed E-state index contributed by atoms with van der Waals surface area (Å²) in [5, 5.41) is 17.2. The molecular weight excluding hydrogens is 312 g/mol. The van der Waals surface area contributed by atoms with E-state index in [0.717, 1.165) is 0 Å². The molecule has 0 aliphatic carbocycles. The summed E-state index contributed by atoms with van der Waals surface area (Å²) in [5.41, 5.74) is 10.5. The van der Waals surface area contributed by atoms with E-state index in [9.17, 15) is 0 Å². The second-order valence-corrected chi connectivity index (χ2v) is 4.97. The number of furan rings is 1. The summed E-state index contributed by atoms with van der Waals surface area (Å²) in [7, 11) is 0. The fourth-order valence-corrected chi connectivity index (χ4v) is 2.35. The molecule has 0 saturated carbocycles. The average molecular weight is 324 g/mol. The fraction of sp³-hybridized carbons (Fsp3) is 0.0714. The van der Waals surface area contributed by atoms with Crippen molar-refractivity contribution in [2.24, 2.45) is 0 Å². The zero-order valence-electron chi connectivity index (χ0n) is 12.3. The molecule has 0 radical (unpaired) electrons. The van der Waals surface area contributed by atoms with E-state index in [1.54, 1.807) is 41.4 Å². The maximum absolute atomic E-state index is 8.98. The van der Waals surface area contributed by atoms with Gasteiger partial charge in [0.1, 0.15) is 5.69 Å². The van der Waals surface area contributed by atoms with E-state index < -0.39 is 0 Å². The van der Waals surface area contributed by atoms with Crippen LogP contribution in [0.25, 0.3) is 22.6 Å². The van der Waals surface area contributed by atoms with E-state index in [-0.39, 0.29) is 5.95 Å². The second-order valence-electron chi connectivity index (χ2n) is 4.97. The Bertz CT molecular complexity index is 995. The van der Waals surface area contributed by atoms with E-state index in [2.05, 4.69) is 30.7 Å². The Morgan fingerprint density at radius 2 is 2.21 bits per heavy atom. The lowest BCUT2D eigenvalue weighted by Crippen LogP contribution is -2.06. The highest BCUT2D eigenvalue weighted by atomic mass is 16.5. The highest BCUT2D eigenvalue weighted by Crippen LogP contribution is 2.25. The van der Waals surface area contributed by atoms with Crippen LogP contribution in [0.4, 0.5) is 11.6 Å². The highest BCUT2D eigenvalue weighted by Gasteiger charge is 2.17. The maximum atomic E-state index is 8.98. The van der Waals surface area contributed by atoms with Crippen LogP contribution in [0.15, 0.2) is 41.1 Å². The molecule has 4 rings (SSSR count). The number of hydrogen-bond acceptors (Lipinski definition) is 9. The normalized spacial score (nSPS) is 11.0. The molecular formula is C14H12N8O2. The van der Waals surface area contributed by atoms with Crippen molar-refractivity contribution in [3.63, 3.8) is 0 Å².